The molecule has 1 fully saturated rings. The first-order valence-corrected chi connectivity index (χ1v) is 13.4. The molecule has 0 bridgehead atoms. The molecule has 1 amide bonds. The Bertz CT molecular complexity index is 1380. The van der Waals surface area contributed by atoms with Crippen LogP contribution in [0.2, 0.25) is 0 Å². The molecule has 1 aliphatic carbocycles. The normalized spacial score (nSPS) is 20.8. The van der Waals surface area contributed by atoms with Crippen molar-refractivity contribution in [1.82, 2.24) is 14.8 Å². The summed E-state index contributed by atoms with van der Waals surface area (Å²) in [6, 6.07) is 16.4. The predicted octanol–water partition coefficient (Wildman–Crippen LogP) is 7.56. The summed E-state index contributed by atoms with van der Waals surface area (Å²) in [7, 11) is 0. The van der Waals surface area contributed by atoms with Gasteiger partial charge in [-0.05, 0) is 79.3 Å². The van der Waals surface area contributed by atoms with Crippen LogP contribution in [0.5, 0.6) is 0 Å². The van der Waals surface area contributed by atoms with E-state index in [2.05, 4.69) is 43.0 Å². The number of allylic oxidation sites excluding steroid dienone is 1. The molecule has 1 aromatic heterocycles. The van der Waals surface area contributed by atoms with Gasteiger partial charge in [-0.15, -0.1) is 0 Å². The van der Waals surface area contributed by atoms with Crippen LogP contribution in [0.25, 0.3) is 6.08 Å². The van der Waals surface area contributed by atoms with Crippen LogP contribution >= 0.6 is 31.9 Å². The monoisotopic (exact) mass is 634 g/mol. The van der Waals surface area contributed by atoms with Crippen LogP contribution in [0.1, 0.15) is 47.8 Å². The van der Waals surface area contributed by atoms with Crippen molar-refractivity contribution in [2.24, 2.45) is 11.0 Å². The summed E-state index contributed by atoms with van der Waals surface area (Å²) in [5, 5.41) is 9.92. The van der Waals surface area contributed by atoms with Crippen molar-refractivity contribution in [2.75, 3.05) is 0 Å². The lowest BCUT2D eigenvalue weighted by molar-refractivity contribution is -0.142. The first kappa shape index (κ1) is 25.9. The highest BCUT2D eigenvalue weighted by Gasteiger charge is 2.44. The van der Waals surface area contributed by atoms with Crippen LogP contribution in [-0.2, 0) is 17.5 Å². The Morgan fingerprint density at radius 3 is 2.35 bits per heavy atom. The molecule has 3 aromatic rings. The first-order valence-electron chi connectivity index (χ1n) is 11.8. The number of hydrazone groups is 1. The summed E-state index contributed by atoms with van der Waals surface area (Å²) >= 11 is 6.93. The lowest BCUT2D eigenvalue weighted by atomic mass is 9.77. The lowest BCUT2D eigenvalue weighted by Gasteiger charge is -2.29. The van der Waals surface area contributed by atoms with Crippen molar-refractivity contribution in [1.29, 1.82) is 0 Å². The minimum atomic E-state index is -4.57. The van der Waals surface area contributed by atoms with E-state index < -0.39 is 17.8 Å². The van der Waals surface area contributed by atoms with E-state index in [0.29, 0.717) is 0 Å². The number of alkyl halides is 3. The maximum absolute atomic E-state index is 13.6. The summed E-state index contributed by atoms with van der Waals surface area (Å²) in [6.45, 7) is 1.18. The van der Waals surface area contributed by atoms with E-state index in [-0.39, 0.29) is 24.2 Å². The number of nitrogens with zero attached hydrogens (tertiary/aromatic N) is 4. The highest BCUT2D eigenvalue weighted by molar-refractivity contribution is 9.10. The fourth-order valence-corrected chi connectivity index (χ4v) is 5.50. The van der Waals surface area contributed by atoms with Crippen LogP contribution < -0.4 is 0 Å². The van der Waals surface area contributed by atoms with Gasteiger partial charge in [-0.1, -0.05) is 56.1 Å². The Morgan fingerprint density at radius 2 is 1.73 bits per heavy atom. The van der Waals surface area contributed by atoms with Gasteiger partial charge in [0.25, 0.3) is 5.91 Å². The number of carbonyl (C=O) groups excluding carboxylic acids is 1. The number of hydrogen-bond acceptors (Lipinski definition) is 3. The zero-order chi connectivity index (χ0) is 26.3. The quantitative estimate of drug-likeness (QED) is 0.297. The maximum Gasteiger partial charge on any atom is 0.435 e. The Morgan fingerprint density at radius 1 is 1.08 bits per heavy atom. The van der Waals surface area contributed by atoms with E-state index in [0.717, 1.165) is 61.4 Å². The molecule has 0 saturated heterocycles. The van der Waals surface area contributed by atoms with Crippen molar-refractivity contribution < 1.29 is 18.0 Å². The largest absolute Gasteiger partial charge is 0.435 e. The van der Waals surface area contributed by atoms with Gasteiger partial charge in [0.1, 0.15) is 6.54 Å². The number of aryl methyl sites for hydroxylation is 1. The third-order valence-corrected chi connectivity index (χ3v) is 7.79. The summed E-state index contributed by atoms with van der Waals surface area (Å²) in [6.07, 6.45) is 0.188. The number of halogens is 5. The number of fused-ring (bicyclic) bond motifs is 1. The van der Waals surface area contributed by atoms with E-state index in [4.69, 9.17) is 5.10 Å². The fraction of sp³-hybridized carbons (Fsp3) is 0.296. The average Bonchev–Trinajstić information content (AvgIpc) is 3.43. The molecular weight excluding hydrogens is 613 g/mol. The topological polar surface area (TPSA) is 50.5 Å². The zero-order valence-corrected chi connectivity index (χ0v) is 23.0. The highest BCUT2D eigenvalue weighted by Crippen LogP contribution is 2.44. The fourth-order valence-electron chi connectivity index (χ4n) is 4.97. The van der Waals surface area contributed by atoms with E-state index in [9.17, 15) is 18.0 Å². The smallest absolute Gasteiger partial charge is 0.271 e. The lowest BCUT2D eigenvalue weighted by Crippen LogP contribution is -2.34. The van der Waals surface area contributed by atoms with Crippen molar-refractivity contribution in [2.45, 2.75) is 44.9 Å². The Labute approximate surface area is 229 Å². The molecule has 5 rings (SSSR count). The zero-order valence-electron chi connectivity index (χ0n) is 19.8. The first-order chi connectivity index (χ1) is 17.6. The van der Waals surface area contributed by atoms with Gasteiger partial charge in [0.2, 0.25) is 0 Å². The molecule has 0 unspecified atom stereocenters. The van der Waals surface area contributed by atoms with Gasteiger partial charge in [0.15, 0.2) is 5.69 Å². The molecule has 0 radical (unpaired) electrons. The predicted molar refractivity (Wildman–Crippen MR) is 143 cm³/mol. The van der Waals surface area contributed by atoms with Crippen LogP contribution in [0.3, 0.4) is 0 Å². The molecule has 1 saturated carbocycles. The maximum atomic E-state index is 13.6. The minimum absolute atomic E-state index is 0.00923. The second-order valence-corrected chi connectivity index (χ2v) is 11.1. The van der Waals surface area contributed by atoms with Crippen molar-refractivity contribution >= 4 is 49.6 Å². The molecule has 1 aliphatic heterocycles. The molecule has 0 N–H and O–H groups in total. The summed E-state index contributed by atoms with van der Waals surface area (Å²) in [4.78, 5) is 13.6. The summed E-state index contributed by atoms with van der Waals surface area (Å²) in [5.41, 5.74) is 3.16. The molecule has 2 aliphatic rings. The second-order valence-electron chi connectivity index (χ2n) is 9.27. The Hall–Kier alpha value is -2.72. The standard InChI is InChI=1S/C27H23Br2F3N4O/c1-16-13-23(27(30,31)32)33-35(16)15-24(37)36-26(18-7-11-21(29)12-8-18)22-4-2-3-19(25(22)34-36)14-17-5-9-20(28)10-6-17/h5-14,22,26H,2-4,15H2,1H3/b19-14-/t22-,26+/m0/s1. The molecule has 5 nitrogen and oxygen atoms in total. The second kappa shape index (κ2) is 10.2. The number of rotatable bonds is 4. The molecule has 10 heteroatoms. The van der Waals surface area contributed by atoms with Crippen molar-refractivity contribution in [3.8, 4) is 0 Å². The molecule has 2 atom stereocenters. The van der Waals surface area contributed by atoms with Crippen LogP contribution in [0, 0.1) is 12.8 Å². The van der Waals surface area contributed by atoms with Gasteiger partial charge in [-0.3, -0.25) is 9.48 Å². The molecule has 2 heterocycles. The van der Waals surface area contributed by atoms with Gasteiger partial charge in [-0.2, -0.15) is 23.4 Å². The van der Waals surface area contributed by atoms with Crippen LogP contribution in [0.15, 0.2) is 74.2 Å². The Kier molecular flexibility index (Phi) is 7.15. The number of carbonyl (C=O) groups is 1. The van der Waals surface area contributed by atoms with Gasteiger partial charge in [0, 0.05) is 20.6 Å². The van der Waals surface area contributed by atoms with Crippen LogP contribution in [0.4, 0.5) is 13.2 Å². The average molecular weight is 636 g/mol. The summed E-state index contributed by atoms with van der Waals surface area (Å²) < 4.78 is 42.5. The number of amides is 1. The van der Waals surface area contributed by atoms with E-state index in [1.807, 2.05) is 48.5 Å². The number of hydrogen-bond donors (Lipinski definition) is 0. The number of aromatic nitrogens is 2. The SMILES string of the molecule is Cc1cc(C(F)(F)F)nn1CC(=O)N1N=C2/C(=C\c3ccc(Br)cc3)CCC[C@@H]2[C@H]1c1ccc(Br)cc1. The van der Waals surface area contributed by atoms with Gasteiger partial charge < -0.3 is 0 Å². The molecule has 2 aromatic carbocycles. The van der Waals surface area contributed by atoms with Gasteiger partial charge >= 0.3 is 6.18 Å². The van der Waals surface area contributed by atoms with E-state index >= 15 is 0 Å². The molecule has 0 spiro atoms. The van der Waals surface area contributed by atoms with Gasteiger partial charge in [-0.25, -0.2) is 5.01 Å². The molecular formula is C27H23Br2F3N4O. The van der Waals surface area contributed by atoms with E-state index in [1.165, 1.54) is 11.9 Å². The molecule has 192 valence electrons. The van der Waals surface area contributed by atoms with Crippen molar-refractivity contribution in [3.63, 3.8) is 0 Å². The molecule has 37 heavy (non-hydrogen) atoms. The highest BCUT2D eigenvalue weighted by atomic mass is 79.9. The third-order valence-electron chi connectivity index (χ3n) is 6.74. The third kappa shape index (κ3) is 5.45. The van der Waals surface area contributed by atoms with Crippen molar-refractivity contribution in [3.05, 3.63) is 91.6 Å². The van der Waals surface area contributed by atoms with E-state index in [1.54, 1.807) is 0 Å². The van der Waals surface area contributed by atoms with Gasteiger partial charge in [0.05, 0.1) is 11.8 Å². The Balaban J connectivity index is 1.51. The minimum Gasteiger partial charge on any atom is -0.271 e. The number of benzene rings is 2. The summed E-state index contributed by atoms with van der Waals surface area (Å²) in [5.74, 6) is -0.414. The van der Waals surface area contributed by atoms with Crippen LogP contribution in [-0.4, -0.2) is 26.4 Å².